The zero-order chi connectivity index (χ0) is 11.3. The summed E-state index contributed by atoms with van der Waals surface area (Å²) in [4.78, 5) is 0. The second-order valence-electron chi connectivity index (χ2n) is 4.80. The number of hydrogen-bond acceptors (Lipinski definition) is 3. The Kier molecular flexibility index (Phi) is 4.29. The molecule has 15 heavy (non-hydrogen) atoms. The van der Waals surface area contributed by atoms with Crippen LogP contribution in [0.3, 0.4) is 0 Å². The van der Waals surface area contributed by atoms with E-state index in [-0.39, 0.29) is 5.54 Å². The largest absolute Gasteiger partial charge is 0.311 e. The van der Waals surface area contributed by atoms with E-state index < -0.39 is 0 Å². The Morgan fingerprint density at radius 2 is 2.07 bits per heavy atom. The molecule has 1 heterocycles. The normalized spacial score (nSPS) is 12.0. The maximum Gasteiger partial charge on any atom is 0.0518 e. The topological polar surface area (TPSA) is 41.9 Å². The third-order valence-corrected chi connectivity index (χ3v) is 2.19. The quantitative estimate of drug-likeness (QED) is 0.710. The van der Waals surface area contributed by atoms with Gasteiger partial charge in [-0.15, -0.1) is 0 Å². The molecule has 0 aliphatic carbocycles. The minimum Gasteiger partial charge on any atom is -0.311 e. The van der Waals surface area contributed by atoms with Gasteiger partial charge in [0.2, 0.25) is 0 Å². The molecule has 4 heteroatoms. The molecule has 2 N–H and O–H groups in total. The number of hydrogen-bond donors (Lipinski definition) is 2. The summed E-state index contributed by atoms with van der Waals surface area (Å²) in [5.41, 5.74) is 1.42. The number of aromatic nitrogens is 2. The summed E-state index contributed by atoms with van der Waals surface area (Å²) in [6.07, 6.45) is 1.82. The van der Waals surface area contributed by atoms with Crippen molar-refractivity contribution in [1.82, 2.24) is 20.4 Å². The molecule has 0 fully saturated rings. The van der Waals surface area contributed by atoms with E-state index in [0.29, 0.717) is 0 Å². The van der Waals surface area contributed by atoms with Gasteiger partial charge in [-0.05, 0) is 26.8 Å². The van der Waals surface area contributed by atoms with E-state index in [2.05, 4.69) is 36.5 Å². The maximum atomic E-state index is 4.12. The van der Waals surface area contributed by atoms with Gasteiger partial charge in [-0.25, -0.2) is 0 Å². The molecule has 0 saturated carbocycles. The van der Waals surface area contributed by atoms with Gasteiger partial charge in [0.15, 0.2) is 0 Å². The molecule has 1 rings (SSSR count). The smallest absolute Gasteiger partial charge is 0.0518 e. The Bertz CT molecular complexity index is 285. The van der Waals surface area contributed by atoms with E-state index in [1.807, 2.05) is 24.0 Å². The fourth-order valence-corrected chi connectivity index (χ4v) is 1.32. The maximum absolute atomic E-state index is 4.12. The van der Waals surface area contributed by atoms with E-state index >= 15 is 0 Å². The first kappa shape index (κ1) is 12.2. The van der Waals surface area contributed by atoms with Crippen LogP contribution in [0.2, 0.25) is 0 Å². The third-order valence-electron chi connectivity index (χ3n) is 2.19. The molecule has 0 radical (unpaired) electrons. The van der Waals surface area contributed by atoms with Gasteiger partial charge >= 0.3 is 0 Å². The molecule has 0 aliphatic heterocycles. The van der Waals surface area contributed by atoms with Crippen molar-refractivity contribution < 1.29 is 0 Å². The molecule has 1 aromatic heterocycles. The lowest BCUT2D eigenvalue weighted by atomic mass is 10.1. The molecule has 0 spiro atoms. The summed E-state index contributed by atoms with van der Waals surface area (Å²) < 4.78 is 1.89. The molecule has 0 bridgehead atoms. The standard InChI is InChI=1S/C11H22N4/c1-11(2,3)13-8-7-12-9-10-5-6-14-15(10)4/h5-6,12-13H,7-9H2,1-4H3. The lowest BCUT2D eigenvalue weighted by Crippen LogP contribution is -2.40. The fourth-order valence-electron chi connectivity index (χ4n) is 1.32. The molecule has 0 amide bonds. The van der Waals surface area contributed by atoms with Crippen LogP contribution in [0.15, 0.2) is 12.3 Å². The van der Waals surface area contributed by atoms with Crippen LogP contribution < -0.4 is 10.6 Å². The second-order valence-corrected chi connectivity index (χ2v) is 4.80. The van der Waals surface area contributed by atoms with Crippen LogP contribution in [-0.2, 0) is 13.6 Å². The Labute approximate surface area is 92.1 Å². The zero-order valence-corrected chi connectivity index (χ0v) is 10.2. The second kappa shape index (κ2) is 5.28. The molecule has 0 aromatic carbocycles. The van der Waals surface area contributed by atoms with E-state index in [9.17, 15) is 0 Å². The van der Waals surface area contributed by atoms with E-state index in [4.69, 9.17) is 0 Å². The van der Waals surface area contributed by atoms with E-state index in [1.54, 1.807) is 0 Å². The van der Waals surface area contributed by atoms with Crippen LogP contribution >= 0.6 is 0 Å². The summed E-state index contributed by atoms with van der Waals surface area (Å²) in [6, 6.07) is 2.03. The van der Waals surface area contributed by atoms with Crippen molar-refractivity contribution in [2.45, 2.75) is 32.9 Å². The summed E-state index contributed by atoms with van der Waals surface area (Å²) >= 11 is 0. The van der Waals surface area contributed by atoms with Crippen LogP contribution in [0.1, 0.15) is 26.5 Å². The van der Waals surface area contributed by atoms with Crippen molar-refractivity contribution in [3.05, 3.63) is 18.0 Å². The number of nitrogens with zero attached hydrogens (tertiary/aromatic N) is 2. The monoisotopic (exact) mass is 210 g/mol. The van der Waals surface area contributed by atoms with Crippen molar-refractivity contribution in [1.29, 1.82) is 0 Å². The van der Waals surface area contributed by atoms with Gasteiger partial charge in [-0.1, -0.05) is 0 Å². The minimum absolute atomic E-state index is 0.203. The van der Waals surface area contributed by atoms with Gasteiger partial charge in [0.25, 0.3) is 0 Å². The van der Waals surface area contributed by atoms with E-state index in [1.165, 1.54) is 5.69 Å². The molecule has 86 valence electrons. The first-order valence-electron chi connectivity index (χ1n) is 5.42. The number of rotatable bonds is 5. The highest BCUT2D eigenvalue weighted by molar-refractivity contribution is 4.98. The lowest BCUT2D eigenvalue weighted by Gasteiger charge is -2.20. The first-order chi connectivity index (χ1) is 6.99. The third kappa shape index (κ3) is 4.95. The SMILES string of the molecule is Cn1nccc1CNCCNC(C)(C)C. The van der Waals surface area contributed by atoms with Gasteiger partial charge in [-0.2, -0.15) is 5.10 Å². The lowest BCUT2D eigenvalue weighted by molar-refractivity contribution is 0.420. The van der Waals surface area contributed by atoms with Crippen LogP contribution in [0.4, 0.5) is 0 Å². The average Bonchev–Trinajstić information content (AvgIpc) is 2.49. The van der Waals surface area contributed by atoms with Crippen LogP contribution in [0, 0.1) is 0 Å². The Balaban J connectivity index is 2.10. The van der Waals surface area contributed by atoms with Gasteiger partial charge < -0.3 is 10.6 Å². The summed E-state index contributed by atoms with van der Waals surface area (Å²) in [5.74, 6) is 0. The molecule has 0 atom stereocenters. The van der Waals surface area contributed by atoms with Gasteiger partial charge in [-0.3, -0.25) is 4.68 Å². The van der Waals surface area contributed by atoms with Crippen LogP contribution in [-0.4, -0.2) is 28.4 Å². The molecule has 1 aromatic rings. The summed E-state index contributed by atoms with van der Waals surface area (Å²) in [6.45, 7) is 9.36. The fraction of sp³-hybridized carbons (Fsp3) is 0.727. The zero-order valence-electron chi connectivity index (χ0n) is 10.2. The van der Waals surface area contributed by atoms with Crippen LogP contribution in [0.5, 0.6) is 0 Å². The van der Waals surface area contributed by atoms with Gasteiger partial charge in [0, 0.05) is 38.4 Å². The van der Waals surface area contributed by atoms with Crippen molar-refractivity contribution >= 4 is 0 Å². The Morgan fingerprint density at radius 3 is 2.60 bits per heavy atom. The summed E-state index contributed by atoms with van der Waals surface area (Å²) in [7, 11) is 1.96. The highest BCUT2D eigenvalue weighted by Crippen LogP contribution is 1.97. The summed E-state index contributed by atoms with van der Waals surface area (Å²) in [5, 5.41) is 10.9. The van der Waals surface area contributed by atoms with Crippen molar-refractivity contribution in [3.63, 3.8) is 0 Å². The molecule has 4 nitrogen and oxygen atoms in total. The van der Waals surface area contributed by atoms with Crippen molar-refractivity contribution in [3.8, 4) is 0 Å². The molecule has 0 saturated heterocycles. The highest BCUT2D eigenvalue weighted by Gasteiger charge is 2.06. The Hall–Kier alpha value is -0.870. The predicted octanol–water partition coefficient (Wildman–Crippen LogP) is 0.898. The minimum atomic E-state index is 0.203. The molecule has 0 unspecified atom stereocenters. The van der Waals surface area contributed by atoms with Crippen LogP contribution in [0.25, 0.3) is 0 Å². The molecular formula is C11H22N4. The first-order valence-corrected chi connectivity index (χ1v) is 5.42. The van der Waals surface area contributed by atoms with Crippen molar-refractivity contribution in [2.75, 3.05) is 13.1 Å². The Morgan fingerprint density at radius 1 is 1.33 bits per heavy atom. The predicted molar refractivity (Wildman–Crippen MR) is 62.7 cm³/mol. The van der Waals surface area contributed by atoms with Gasteiger partial charge in [0.1, 0.15) is 0 Å². The molecular weight excluding hydrogens is 188 g/mol. The van der Waals surface area contributed by atoms with E-state index in [0.717, 1.165) is 19.6 Å². The molecule has 0 aliphatic rings. The van der Waals surface area contributed by atoms with Crippen molar-refractivity contribution in [2.24, 2.45) is 7.05 Å². The number of aryl methyl sites for hydroxylation is 1. The highest BCUT2D eigenvalue weighted by atomic mass is 15.3. The number of nitrogens with one attached hydrogen (secondary N) is 2. The van der Waals surface area contributed by atoms with Gasteiger partial charge in [0.05, 0.1) is 5.69 Å². The average molecular weight is 210 g/mol.